The van der Waals surface area contributed by atoms with Crippen LogP contribution in [0, 0.1) is 6.92 Å². The molecule has 0 bridgehead atoms. The summed E-state index contributed by atoms with van der Waals surface area (Å²) in [6, 6.07) is 20.4. The maximum Gasteiger partial charge on any atom is 0.242 e. The summed E-state index contributed by atoms with van der Waals surface area (Å²) in [5.41, 5.74) is 3.31. The second kappa shape index (κ2) is 10.4. The number of sulfonamides is 1. The lowest BCUT2D eigenvalue weighted by atomic mass is 10.1. The first-order valence-electron chi connectivity index (χ1n) is 10.4. The number of ether oxygens (including phenoxy) is 1. The second-order valence-corrected chi connectivity index (χ2v) is 9.25. The Kier molecular flexibility index (Phi) is 7.66. The monoisotopic (exact) mass is 452 g/mol. The van der Waals surface area contributed by atoms with Crippen LogP contribution in [0.2, 0.25) is 0 Å². The fraction of sp³-hybridized carbons (Fsp3) is 0.240. The highest BCUT2D eigenvalue weighted by molar-refractivity contribution is 7.89. The molecule has 3 rings (SSSR count). The molecule has 0 saturated heterocycles. The van der Waals surface area contributed by atoms with E-state index in [9.17, 15) is 13.2 Å². The predicted octanol–water partition coefficient (Wildman–Crippen LogP) is 4.09. The number of aryl methyl sites for hydroxylation is 2. The smallest absolute Gasteiger partial charge is 0.242 e. The molecule has 0 aromatic heterocycles. The van der Waals surface area contributed by atoms with Crippen LogP contribution in [-0.2, 0) is 27.7 Å². The summed E-state index contributed by atoms with van der Waals surface area (Å²) in [5, 5.41) is 2.83. The summed E-state index contributed by atoms with van der Waals surface area (Å²) in [6.45, 7) is 3.82. The number of nitrogens with one attached hydrogen (secondary N) is 2. The van der Waals surface area contributed by atoms with Crippen LogP contribution < -0.4 is 14.8 Å². The van der Waals surface area contributed by atoms with Crippen molar-refractivity contribution in [3.05, 3.63) is 89.5 Å². The van der Waals surface area contributed by atoms with E-state index in [1.807, 2.05) is 54.6 Å². The number of rotatable bonds is 9. The van der Waals surface area contributed by atoms with Crippen molar-refractivity contribution >= 4 is 21.6 Å². The van der Waals surface area contributed by atoms with Crippen molar-refractivity contribution in [1.82, 2.24) is 4.72 Å². The van der Waals surface area contributed by atoms with Crippen molar-refractivity contribution in [2.75, 3.05) is 12.4 Å². The molecule has 0 unspecified atom stereocenters. The highest BCUT2D eigenvalue weighted by Gasteiger charge is 2.26. The van der Waals surface area contributed by atoms with E-state index in [1.54, 1.807) is 13.0 Å². The van der Waals surface area contributed by atoms with E-state index in [2.05, 4.69) is 17.0 Å². The molecule has 32 heavy (non-hydrogen) atoms. The topological polar surface area (TPSA) is 84.5 Å². The van der Waals surface area contributed by atoms with Gasteiger partial charge >= 0.3 is 0 Å². The molecule has 1 atom stereocenters. The molecular formula is C25H28N2O4S. The van der Waals surface area contributed by atoms with Crippen LogP contribution in [0.1, 0.15) is 23.6 Å². The van der Waals surface area contributed by atoms with Gasteiger partial charge in [0, 0.05) is 5.69 Å². The van der Waals surface area contributed by atoms with E-state index in [0.29, 0.717) is 17.0 Å². The van der Waals surface area contributed by atoms with Gasteiger partial charge in [0.25, 0.3) is 0 Å². The summed E-state index contributed by atoms with van der Waals surface area (Å²) in [6.07, 6.45) is 1.11. The zero-order chi connectivity index (χ0) is 23.1. The van der Waals surface area contributed by atoms with E-state index >= 15 is 0 Å². The van der Waals surface area contributed by atoms with Gasteiger partial charge in [0.1, 0.15) is 11.8 Å². The quantitative estimate of drug-likeness (QED) is 0.512. The van der Waals surface area contributed by atoms with Crippen LogP contribution in [0.3, 0.4) is 0 Å². The molecule has 6 nitrogen and oxygen atoms in total. The molecule has 0 aliphatic rings. The Bertz CT molecular complexity index is 1160. The minimum absolute atomic E-state index is 0.0777. The van der Waals surface area contributed by atoms with Gasteiger partial charge in [-0.25, -0.2) is 8.42 Å². The molecule has 0 saturated carbocycles. The number of amides is 1. The molecule has 3 aromatic carbocycles. The van der Waals surface area contributed by atoms with Gasteiger partial charge in [-0.1, -0.05) is 49.4 Å². The van der Waals surface area contributed by atoms with Crippen LogP contribution in [0.15, 0.2) is 77.7 Å². The van der Waals surface area contributed by atoms with Gasteiger partial charge < -0.3 is 10.1 Å². The fourth-order valence-corrected chi connectivity index (χ4v) is 4.64. The predicted molar refractivity (Wildman–Crippen MR) is 126 cm³/mol. The Hall–Kier alpha value is -3.16. The third kappa shape index (κ3) is 5.96. The summed E-state index contributed by atoms with van der Waals surface area (Å²) in [5.74, 6) is 0.171. The largest absolute Gasteiger partial charge is 0.496 e. The number of methoxy groups -OCH3 is 1. The summed E-state index contributed by atoms with van der Waals surface area (Å²) < 4.78 is 34.0. The van der Waals surface area contributed by atoms with Crippen molar-refractivity contribution in [1.29, 1.82) is 0 Å². The normalized spacial score (nSPS) is 12.2. The maximum absolute atomic E-state index is 13.1. The molecule has 0 aliphatic carbocycles. The fourth-order valence-electron chi connectivity index (χ4n) is 3.36. The maximum atomic E-state index is 13.1. The Morgan fingerprint density at radius 3 is 2.25 bits per heavy atom. The summed E-state index contributed by atoms with van der Waals surface area (Å²) in [7, 11) is -2.41. The standard InChI is InChI=1S/C25H28N2O4S/c1-4-19-10-12-21(13-11-19)26-25(28)23(17-20-8-6-5-7-9-20)27-32(29,30)22-14-15-24(31-3)18(2)16-22/h5-16,23,27H,4,17H2,1-3H3,(H,26,28)/t23-/m0/s1. The Labute approximate surface area is 189 Å². The van der Waals surface area contributed by atoms with Crippen LogP contribution >= 0.6 is 0 Å². The van der Waals surface area contributed by atoms with Crippen LogP contribution in [0.4, 0.5) is 5.69 Å². The molecule has 3 aromatic rings. The Balaban J connectivity index is 1.86. The third-order valence-electron chi connectivity index (χ3n) is 5.20. The van der Waals surface area contributed by atoms with E-state index in [0.717, 1.165) is 17.5 Å². The first-order valence-corrected chi connectivity index (χ1v) is 11.9. The molecule has 168 valence electrons. The van der Waals surface area contributed by atoms with Gasteiger partial charge in [-0.15, -0.1) is 0 Å². The number of hydrogen-bond donors (Lipinski definition) is 2. The van der Waals surface area contributed by atoms with Gasteiger partial charge in [-0.05, 0) is 66.8 Å². The molecule has 0 spiro atoms. The molecular weight excluding hydrogens is 424 g/mol. The molecule has 0 heterocycles. The second-order valence-electron chi connectivity index (χ2n) is 7.53. The zero-order valence-corrected chi connectivity index (χ0v) is 19.3. The van der Waals surface area contributed by atoms with Gasteiger partial charge in [0.15, 0.2) is 0 Å². The molecule has 7 heteroatoms. The Morgan fingerprint density at radius 2 is 1.66 bits per heavy atom. The first-order chi connectivity index (χ1) is 15.3. The van der Waals surface area contributed by atoms with Gasteiger partial charge in [-0.3, -0.25) is 4.79 Å². The zero-order valence-electron chi connectivity index (χ0n) is 18.5. The molecule has 0 fully saturated rings. The number of carbonyl (C=O) groups is 1. The van der Waals surface area contributed by atoms with E-state index in [-0.39, 0.29) is 11.3 Å². The van der Waals surface area contributed by atoms with Crippen LogP contribution in [0.25, 0.3) is 0 Å². The minimum Gasteiger partial charge on any atom is -0.496 e. The summed E-state index contributed by atoms with van der Waals surface area (Å²) >= 11 is 0. The van der Waals surface area contributed by atoms with Gasteiger partial charge in [-0.2, -0.15) is 4.72 Å². The van der Waals surface area contributed by atoms with Crippen molar-refractivity contribution < 1.29 is 17.9 Å². The Morgan fingerprint density at radius 1 is 0.969 bits per heavy atom. The highest BCUT2D eigenvalue weighted by Crippen LogP contribution is 2.22. The molecule has 0 radical (unpaired) electrons. The lowest BCUT2D eigenvalue weighted by Crippen LogP contribution is -2.45. The SMILES string of the molecule is CCc1ccc(NC(=O)[C@H](Cc2ccccc2)NS(=O)(=O)c2ccc(OC)c(C)c2)cc1. The van der Waals surface area contributed by atoms with E-state index in [4.69, 9.17) is 4.74 Å². The lowest BCUT2D eigenvalue weighted by Gasteiger charge is -2.19. The average Bonchev–Trinajstić information content (AvgIpc) is 2.79. The first kappa shape index (κ1) is 23.5. The minimum atomic E-state index is -3.94. The van der Waals surface area contributed by atoms with Crippen molar-refractivity contribution in [2.45, 2.75) is 37.6 Å². The van der Waals surface area contributed by atoms with Crippen molar-refractivity contribution in [3.8, 4) is 5.75 Å². The van der Waals surface area contributed by atoms with Crippen LogP contribution in [-0.4, -0.2) is 27.5 Å². The third-order valence-corrected chi connectivity index (χ3v) is 6.67. The number of carbonyl (C=O) groups excluding carboxylic acids is 1. The van der Waals surface area contributed by atoms with Crippen LogP contribution in [0.5, 0.6) is 5.75 Å². The van der Waals surface area contributed by atoms with Crippen molar-refractivity contribution in [3.63, 3.8) is 0 Å². The van der Waals surface area contributed by atoms with E-state index < -0.39 is 22.0 Å². The molecule has 2 N–H and O–H groups in total. The van der Waals surface area contributed by atoms with Gasteiger partial charge in [0.2, 0.25) is 15.9 Å². The average molecular weight is 453 g/mol. The molecule has 1 amide bonds. The summed E-state index contributed by atoms with van der Waals surface area (Å²) in [4.78, 5) is 13.2. The number of anilines is 1. The van der Waals surface area contributed by atoms with E-state index in [1.165, 1.54) is 19.2 Å². The van der Waals surface area contributed by atoms with Gasteiger partial charge in [0.05, 0.1) is 12.0 Å². The molecule has 0 aliphatic heterocycles. The number of hydrogen-bond acceptors (Lipinski definition) is 4. The highest BCUT2D eigenvalue weighted by atomic mass is 32.2. The van der Waals surface area contributed by atoms with Crippen molar-refractivity contribution in [2.24, 2.45) is 0 Å². The lowest BCUT2D eigenvalue weighted by molar-refractivity contribution is -0.117. The number of benzene rings is 3.